The molecule has 0 radical (unpaired) electrons. The van der Waals surface area contributed by atoms with Gasteiger partial charge in [0.1, 0.15) is 0 Å². The van der Waals surface area contributed by atoms with Gasteiger partial charge in [-0.2, -0.15) is 23.5 Å². The molecule has 2 amide bonds. The average molecular weight is 263 g/mol. The second kappa shape index (κ2) is 7.03. The van der Waals surface area contributed by atoms with Crippen LogP contribution in [0.4, 0.5) is 0 Å². The van der Waals surface area contributed by atoms with Gasteiger partial charge in [-0.1, -0.05) is 0 Å². The second-order valence-corrected chi connectivity index (χ2v) is 6.15. The van der Waals surface area contributed by atoms with Gasteiger partial charge >= 0.3 is 0 Å². The smallest absolute Gasteiger partial charge is 0.237 e. The SMILES string of the molecule is NC(=O)CC(N)C(=O)NCC1CSCCS1. The molecule has 0 bridgehead atoms. The maximum Gasteiger partial charge on any atom is 0.237 e. The summed E-state index contributed by atoms with van der Waals surface area (Å²) in [7, 11) is 0. The van der Waals surface area contributed by atoms with Gasteiger partial charge in [-0.05, 0) is 0 Å². The first kappa shape index (κ1) is 13.7. The lowest BCUT2D eigenvalue weighted by molar-refractivity contribution is -0.126. The molecule has 5 N–H and O–H groups in total. The first-order valence-corrected chi connectivity index (χ1v) is 7.31. The maximum atomic E-state index is 11.5. The van der Waals surface area contributed by atoms with Crippen LogP contribution in [-0.2, 0) is 9.59 Å². The molecule has 0 aliphatic carbocycles. The van der Waals surface area contributed by atoms with Crippen LogP contribution in [0.25, 0.3) is 0 Å². The summed E-state index contributed by atoms with van der Waals surface area (Å²) in [6, 6.07) is -0.821. The Labute approximate surface area is 103 Å². The number of thioether (sulfide) groups is 2. The fraction of sp³-hybridized carbons (Fsp3) is 0.778. The number of hydrogen-bond acceptors (Lipinski definition) is 5. The van der Waals surface area contributed by atoms with Crippen molar-refractivity contribution >= 4 is 35.3 Å². The number of nitrogens with one attached hydrogen (secondary N) is 1. The van der Waals surface area contributed by atoms with Crippen LogP contribution >= 0.6 is 23.5 Å². The third-order valence-corrected chi connectivity index (χ3v) is 4.99. The summed E-state index contributed by atoms with van der Waals surface area (Å²) in [5.41, 5.74) is 10.5. The Hall–Kier alpha value is -0.400. The normalized spacial score (nSPS) is 22.4. The average Bonchev–Trinajstić information content (AvgIpc) is 2.26. The fourth-order valence-electron chi connectivity index (χ4n) is 1.31. The highest BCUT2D eigenvalue weighted by molar-refractivity contribution is 8.06. The Morgan fingerprint density at radius 3 is 2.75 bits per heavy atom. The van der Waals surface area contributed by atoms with Crippen molar-refractivity contribution in [1.82, 2.24) is 5.32 Å². The molecule has 1 aliphatic heterocycles. The van der Waals surface area contributed by atoms with Crippen molar-refractivity contribution < 1.29 is 9.59 Å². The summed E-state index contributed by atoms with van der Waals surface area (Å²) >= 11 is 3.76. The summed E-state index contributed by atoms with van der Waals surface area (Å²) in [6.07, 6.45) is -0.0988. The van der Waals surface area contributed by atoms with E-state index < -0.39 is 11.9 Å². The third-order valence-electron chi connectivity index (χ3n) is 2.15. The van der Waals surface area contributed by atoms with E-state index in [-0.39, 0.29) is 12.3 Å². The predicted octanol–water partition coefficient (Wildman–Crippen LogP) is -0.846. The topological polar surface area (TPSA) is 98.2 Å². The van der Waals surface area contributed by atoms with Crippen LogP contribution in [0.3, 0.4) is 0 Å². The maximum absolute atomic E-state index is 11.5. The zero-order valence-electron chi connectivity index (χ0n) is 8.98. The Bertz CT molecular complexity index is 257. The lowest BCUT2D eigenvalue weighted by Gasteiger charge is -2.21. The molecule has 1 fully saturated rings. The van der Waals surface area contributed by atoms with Crippen LogP contribution in [0.1, 0.15) is 6.42 Å². The van der Waals surface area contributed by atoms with Crippen molar-refractivity contribution in [2.45, 2.75) is 17.7 Å². The Morgan fingerprint density at radius 1 is 1.44 bits per heavy atom. The monoisotopic (exact) mass is 263 g/mol. The van der Waals surface area contributed by atoms with Gasteiger partial charge in [0.2, 0.25) is 11.8 Å². The highest BCUT2D eigenvalue weighted by Crippen LogP contribution is 2.23. The minimum atomic E-state index is -0.821. The van der Waals surface area contributed by atoms with Gasteiger partial charge in [0, 0.05) is 29.1 Å². The molecule has 7 heteroatoms. The minimum Gasteiger partial charge on any atom is -0.370 e. The molecule has 0 saturated carbocycles. The number of nitrogens with two attached hydrogens (primary N) is 2. The molecule has 1 heterocycles. The van der Waals surface area contributed by atoms with E-state index in [0.29, 0.717) is 11.8 Å². The number of amides is 2. The van der Waals surface area contributed by atoms with E-state index in [1.807, 2.05) is 23.5 Å². The van der Waals surface area contributed by atoms with Crippen LogP contribution in [0, 0.1) is 0 Å². The van der Waals surface area contributed by atoms with Crippen LogP contribution in [0.15, 0.2) is 0 Å². The van der Waals surface area contributed by atoms with Crippen molar-refractivity contribution in [3.63, 3.8) is 0 Å². The molecule has 0 aromatic carbocycles. The number of hydrogen-bond donors (Lipinski definition) is 3. The molecule has 1 rings (SSSR count). The number of primary amides is 1. The van der Waals surface area contributed by atoms with Gasteiger partial charge in [-0.25, -0.2) is 0 Å². The molecule has 2 unspecified atom stereocenters. The first-order chi connectivity index (χ1) is 7.59. The zero-order chi connectivity index (χ0) is 12.0. The fourth-order valence-corrected chi connectivity index (χ4v) is 3.92. The first-order valence-electron chi connectivity index (χ1n) is 5.10. The predicted molar refractivity (Wildman–Crippen MR) is 68.4 cm³/mol. The number of carbonyl (C=O) groups excluding carboxylic acids is 2. The molecule has 0 spiro atoms. The molecule has 1 saturated heterocycles. The lowest BCUT2D eigenvalue weighted by Crippen LogP contribution is -2.45. The van der Waals surface area contributed by atoms with Crippen LogP contribution in [-0.4, -0.2) is 46.9 Å². The number of rotatable bonds is 5. The van der Waals surface area contributed by atoms with Gasteiger partial charge in [0.15, 0.2) is 0 Å². The highest BCUT2D eigenvalue weighted by Gasteiger charge is 2.19. The third kappa shape index (κ3) is 5.09. The molecule has 5 nitrogen and oxygen atoms in total. The molecule has 16 heavy (non-hydrogen) atoms. The van der Waals surface area contributed by atoms with Crippen LogP contribution in [0.2, 0.25) is 0 Å². The van der Waals surface area contributed by atoms with Gasteiger partial charge in [0.25, 0.3) is 0 Å². The quantitative estimate of drug-likeness (QED) is 0.600. The summed E-state index contributed by atoms with van der Waals surface area (Å²) in [5.74, 6) is 2.51. The Morgan fingerprint density at radius 2 is 2.19 bits per heavy atom. The van der Waals surface area contributed by atoms with E-state index >= 15 is 0 Å². The standard InChI is InChI=1S/C9H17N3O2S2/c10-7(3-8(11)13)9(14)12-4-6-5-15-1-2-16-6/h6-7H,1-5,10H2,(H2,11,13)(H,12,14). The summed E-state index contributed by atoms with van der Waals surface area (Å²) < 4.78 is 0. The van der Waals surface area contributed by atoms with Gasteiger partial charge < -0.3 is 16.8 Å². The summed E-state index contributed by atoms with van der Waals surface area (Å²) in [5, 5.41) is 3.20. The van der Waals surface area contributed by atoms with Crippen LogP contribution < -0.4 is 16.8 Å². The van der Waals surface area contributed by atoms with E-state index in [0.717, 1.165) is 11.5 Å². The largest absolute Gasteiger partial charge is 0.370 e. The Balaban J connectivity index is 2.20. The van der Waals surface area contributed by atoms with E-state index in [1.165, 1.54) is 5.75 Å². The van der Waals surface area contributed by atoms with Gasteiger partial charge in [-0.3, -0.25) is 9.59 Å². The molecule has 0 aromatic rings. The van der Waals surface area contributed by atoms with Crippen LogP contribution in [0.5, 0.6) is 0 Å². The van der Waals surface area contributed by atoms with Crippen molar-refractivity contribution in [2.24, 2.45) is 11.5 Å². The Kier molecular flexibility index (Phi) is 6.00. The van der Waals surface area contributed by atoms with Crippen molar-refractivity contribution in [3.05, 3.63) is 0 Å². The van der Waals surface area contributed by atoms with Crippen molar-refractivity contribution in [1.29, 1.82) is 0 Å². The second-order valence-electron chi connectivity index (χ2n) is 3.59. The van der Waals surface area contributed by atoms with Gasteiger partial charge in [0.05, 0.1) is 12.5 Å². The number of carbonyl (C=O) groups is 2. The van der Waals surface area contributed by atoms with E-state index in [2.05, 4.69) is 5.32 Å². The van der Waals surface area contributed by atoms with E-state index in [1.54, 1.807) is 0 Å². The molecule has 1 aliphatic rings. The van der Waals surface area contributed by atoms with E-state index in [9.17, 15) is 9.59 Å². The van der Waals surface area contributed by atoms with E-state index in [4.69, 9.17) is 11.5 Å². The molecule has 0 aromatic heterocycles. The molecular formula is C9H17N3O2S2. The summed E-state index contributed by atoms with van der Waals surface area (Å²) in [6.45, 7) is 0.614. The minimum absolute atomic E-state index is 0.0988. The van der Waals surface area contributed by atoms with Crippen molar-refractivity contribution in [2.75, 3.05) is 23.8 Å². The molecular weight excluding hydrogens is 246 g/mol. The van der Waals surface area contributed by atoms with Crippen molar-refractivity contribution in [3.8, 4) is 0 Å². The lowest BCUT2D eigenvalue weighted by atomic mass is 10.2. The molecule has 2 atom stereocenters. The van der Waals surface area contributed by atoms with Gasteiger partial charge in [-0.15, -0.1) is 0 Å². The summed E-state index contributed by atoms with van der Waals surface area (Å²) in [4.78, 5) is 22.0. The highest BCUT2D eigenvalue weighted by atomic mass is 32.2. The zero-order valence-corrected chi connectivity index (χ0v) is 10.6. The molecule has 92 valence electrons.